The lowest BCUT2D eigenvalue weighted by Crippen LogP contribution is -2.48. The average Bonchev–Trinajstić information content (AvgIpc) is 2.98. The molecule has 2 unspecified atom stereocenters. The van der Waals surface area contributed by atoms with E-state index in [1.807, 2.05) is 0 Å². The number of amides is 2. The Balaban J connectivity index is 2.04. The van der Waals surface area contributed by atoms with Gasteiger partial charge in [0.05, 0.1) is 25.0 Å². The summed E-state index contributed by atoms with van der Waals surface area (Å²) >= 11 is 0. The van der Waals surface area contributed by atoms with Gasteiger partial charge in [0.1, 0.15) is 11.8 Å². The van der Waals surface area contributed by atoms with Crippen LogP contribution >= 0.6 is 0 Å². The summed E-state index contributed by atoms with van der Waals surface area (Å²) in [5.74, 6) is -0.140. The first kappa shape index (κ1) is 15.8. The molecular weight excluding hydrogens is 290 g/mol. The lowest BCUT2D eigenvalue weighted by Gasteiger charge is -2.18. The third-order valence-corrected chi connectivity index (χ3v) is 3.13. The number of nitrogens with zero attached hydrogens (tertiary/aromatic N) is 4. The van der Waals surface area contributed by atoms with Crippen LogP contribution in [0.5, 0.6) is 0 Å². The number of nitrogens with one attached hydrogen (secondary N) is 2. The lowest BCUT2D eigenvalue weighted by atomic mass is 10.1. The van der Waals surface area contributed by atoms with Crippen molar-refractivity contribution in [2.75, 3.05) is 18.5 Å². The third-order valence-electron chi connectivity index (χ3n) is 3.13. The molecule has 0 radical (unpaired) electrons. The molecule has 0 spiro atoms. The second kappa shape index (κ2) is 6.45. The largest absolute Gasteiger partial charge is 0.391 e. The van der Waals surface area contributed by atoms with Crippen LogP contribution in [0.3, 0.4) is 0 Å². The summed E-state index contributed by atoms with van der Waals surface area (Å²) in [4.78, 5) is 39.7. The molecule has 2 amide bonds. The summed E-state index contributed by atoms with van der Waals surface area (Å²) in [7, 11) is 1.50. The molecule has 0 aliphatic heterocycles. The first-order chi connectivity index (χ1) is 10.4. The Bertz CT molecular complexity index is 684. The maximum absolute atomic E-state index is 12.1. The number of H-pyrrole nitrogens is 1. The number of carbonyl (C=O) groups excluding carboxylic acids is 2. The Hall–Kier alpha value is -2.59. The molecular formula is C12H17N7O3. The molecule has 0 aromatic carbocycles. The maximum Gasteiger partial charge on any atom is 0.323 e. The van der Waals surface area contributed by atoms with Crippen molar-refractivity contribution in [3.8, 4) is 0 Å². The van der Waals surface area contributed by atoms with Crippen LogP contribution in [0.1, 0.15) is 6.92 Å². The molecule has 0 saturated heterocycles. The average molecular weight is 307 g/mol. The van der Waals surface area contributed by atoms with Gasteiger partial charge in [-0.05, 0) is 6.92 Å². The smallest absolute Gasteiger partial charge is 0.323 e. The molecule has 10 nitrogen and oxygen atoms in total. The molecule has 2 rings (SSSR count). The Morgan fingerprint density at radius 3 is 2.86 bits per heavy atom. The fourth-order valence-electron chi connectivity index (χ4n) is 1.77. The highest BCUT2D eigenvalue weighted by molar-refractivity contribution is 5.99. The van der Waals surface area contributed by atoms with E-state index in [2.05, 4.69) is 25.3 Å². The number of aliphatic hydroxyl groups excluding tert-OH is 1. The number of fused-ring (bicyclic) bond motifs is 1. The summed E-state index contributed by atoms with van der Waals surface area (Å²) < 4.78 is 0. The van der Waals surface area contributed by atoms with Gasteiger partial charge < -0.3 is 21.1 Å². The monoisotopic (exact) mass is 307 g/mol. The van der Waals surface area contributed by atoms with Crippen molar-refractivity contribution in [2.45, 2.75) is 19.1 Å². The van der Waals surface area contributed by atoms with Gasteiger partial charge in [0.2, 0.25) is 0 Å². The molecule has 2 aromatic rings. The molecule has 10 heteroatoms. The minimum absolute atomic E-state index is 0.285. The predicted octanol–water partition coefficient (Wildman–Crippen LogP) is -1.22. The number of carbonyl (C=O) groups is 2. The molecule has 2 aromatic heterocycles. The molecule has 0 saturated carbocycles. The molecule has 0 fully saturated rings. The van der Waals surface area contributed by atoms with E-state index in [4.69, 9.17) is 5.73 Å². The van der Waals surface area contributed by atoms with Crippen LogP contribution in [0, 0.1) is 0 Å². The van der Waals surface area contributed by atoms with Crippen LogP contribution in [0.4, 0.5) is 10.6 Å². The Morgan fingerprint density at radius 2 is 2.18 bits per heavy atom. The van der Waals surface area contributed by atoms with Gasteiger partial charge in [0.25, 0.3) is 0 Å². The van der Waals surface area contributed by atoms with Gasteiger partial charge in [-0.3, -0.25) is 9.69 Å². The minimum atomic E-state index is -1.04. The minimum Gasteiger partial charge on any atom is -0.391 e. The molecule has 2 atom stereocenters. The molecule has 2 heterocycles. The van der Waals surface area contributed by atoms with Crippen molar-refractivity contribution in [1.29, 1.82) is 0 Å². The van der Waals surface area contributed by atoms with Crippen LogP contribution in [0.2, 0.25) is 0 Å². The summed E-state index contributed by atoms with van der Waals surface area (Å²) in [5.41, 5.74) is 6.43. The van der Waals surface area contributed by atoms with Crippen LogP contribution in [-0.2, 0) is 4.79 Å². The zero-order valence-electron chi connectivity index (χ0n) is 12.1. The van der Waals surface area contributed by atoms with Crippen LogP contribution in [-0.4, -0.2) is 62.6 Å². The first-order valence-electron chi connectivity index (χ1n) is 6.53. The second-order valence-corrected chi connectivity index (χ2v) is 4.75. The highest BCUT2D eigenvalue weighted by atomic mass is 16.3. The van der Waals surface area contributed by atoms with Gasteiger partial charge in [-0.1, -0.05) is 0 Å². The fraction of sp³-hybridized carbons (Fsp3) is 0.417. The topological polar surface area (TPSA) is 150 Å². The summed E-state index contributed by atoms with van der Waals surface area (Å²) in [6.45, 7) is 1.12. The normalized spacial score (nSPS) is 13.6. The van der Waals surface area contributed by atoms with Gasteiger partial charge in [-0.25, -0.2) is 19.7 Å². The van der Waals surface area contributed by atoms with Crippen LogP contribution < -0.4 is 16.0 Å². The quantitative estimate of drug-likeness (QED) is 0.540. The fourth-order valence-corrected chi connectivity index (χ4v) is 1.77. The number of hydrogen-bond donors (Lipinski definition) is 4. The van der Waals surface area contributed by atoms with Gasteiger partial charge in [-0.15, -0.1) is 0 Å². The van der Waals surface area contributed by atoms with Gasteiger partial charge >= 0.3 is 6.03 Å². The van der Waals surface area contributed by atoms with E-state index in [0.717, 1.165) is 0 Å². The Labute approximate surface area is 125 Å². The van der Waals surface area contributed by atoms with Crippen molar-refractivity contribution < 1.29 is 14.7 Å². The zero-order chi connectivity index (χ0) is 16.3. The SMILES string of the molecule is CC(O)C(N)C(=O)CNC(=O)N(C)c1ncnc2nc[nH]c12. The zero-order valence-corrected chi connectivity index (χ0v) is 12.1. The van der Waals surface area contributed by atoms with E-state index in [-0.39, 0.29) is 6.54 Å². The number of ketones is 1. The maximum atomic E-state index is 12.1. The van der Waals surface area contributed by atoms with Gasteiger partial charge in [-0.2, -0.15) is 0 Å². The van der Waals surface area contributed by atoms with Crippen molar-refractivity contribution in [3.63, 3.8) is 0 Å². The number of rotatable bonds is 5. The second-order valence-electron chi connectivity index (χ2n) is 4.75. The number of anilines is 1. The third kappa shape index (κ3) is 3.18. The van der Waals surface area contributed by atoms with Crippen molar-refractivity contribution in [3.05, 3.63) is 12.7 Å². The number of nitrogens with two attached hydrogens (primary N) is 1. The summed E-state index contributed by atoms with van der Waals surface area (Å²) in [6.07, 6.45) is 1.75. The van der Waals surface area contributed by atoms with E-state index < -0.39 is 24.0 Å². The highest BCUT2D eigenvalue weighted by Crippen LogP contribution is 2.17. The summed E-state index contributed by atoms with van der Waals surface area (Å²) in [5, 5.41) is 11.7. The lowest BCUT2D eigenvalue weighted by molar-refractivity contribution is -0.121. The Kier molecular flexibility index (Phi) is 4.63. The molecule has 0 bridgehead atoms. The standard InChI is InChI=1S/C12H17N7O3/c1-6(20)8(13)7(21)3-14-12(22)19(2)11-9-10(16-4-15-9)17-5-18-11/h4-6,8,20H,3,13H2,1-2H3,(H,14,22)(H,15,16,17,18). The van der Waals surface area contributed by atoms with Crippen molar-refractivity contribution in [2.24, 2.45) is 5.73 Å². The number of aromatic nitrogens is 4. The highest BCUT2D eigenvalue weighted by Gasteiger charge is 2.21. The van der Waals surface area contributed by atoms with Gasteiger partial charge in [0, 0.05) is 7.05 Å². The number of hydrogen-bond acceptors (Lipinski definition) is 7. The number of aliphatic hydroxyl groups is 1. The molecule has 118 valence electrons. The van der Waals surface area contributed by atoms with Crippen LogP contribution in [0.25, 0.3) is 11.2 Å². The van der Waals surface area contributed by atoms with Crippen LogP contribution in [0.15, 0.2) is 12.7 Å². The van der Waals surface area contributed by atoms with E-state index in [9.17, 15) is 14.7 Å². The van der Waals surface area contributed by atoms with E-state index in [0.29, 0.717) is 17.0 Å². The molecule has 5 N–H and O–H groups in total. The molecule has 0 aliphatic carbocycles. The number of urea groups is 1. The van der Waals surface area contributed by atoms with E-state index in [1.165, 1.54) is 31.5 Å². The molecule has 22 heavy (non-hydrogen) atoms. The first-order valence-corrected chi connectivity index (χ1v) is 6.53. The van der Waals surface area contributed by atoms with Gasteiger partial charge in [0.15, 0.2) is 17.2 Å². The number of imidazole rings is 1. The number of Topliss-reactive ketones (excluding diaryl/α,β-unsaturated/α-hetero) is 1. The van der Waals surface area contributed by atoms with Crippen molar-refractivity contribution >= 4 is 28.8 Å². The predicted molar refractivity (Wildman–Crippen MR) is 78.1 cm³/mol. The molecule has 0 aliphatic rings. The summed E-state index contributed by atoms with van der Waals surface area (Å²) in [6, 6.07) is -1.58. The van der Waals surface area contributed by atoms with E-state index >= 15 is 0 Å². The Morgan fingerprint density at radius 1 is 1.45 bits per heavy atom. The van der Waals surface area contributed by atoms with E-state index in [1.54, 1.807) is 0 Å². The number of aromatic amines is 1. The van der Waals surface area contributed by atoms with Crippen molar-refractivity contribution in [1.82, 2.24) is 25.3 Å².